The summed E-state index contributed by atoms with van der Waals surface area (Å²) in [5.41, 5.74) is 0.939. The number of imidazole rings is 1. The van der Waals surface area contributed by atoms with Gasteiger partial charge in [-0.15, -0.1) is 11.8 Å². The molecule has 0 atom stereocenters. The van der Waals surface area contributed by atoms with E-state index in [0.717, 1.165) is 40.9 Å². The van der Waals surface area contributed by atoms with Crippen molar-refractivity contribution in [1.29, 1.82) is 0 Å². The highest BCUT2D eigenvalue weighted by Crippen LogP contribution is 2.34. The Bertz CT molecular complexity index is 751. The van der Waals surface area contributed by atoms with Crippen LogP contribution in [-0.4, -0.2) is 34.4 Å². The van der Waals surface area contributed by atoms with E-state index in [1.165, 1.54) is 24.6 Å². The molecule has 2 aliphatic rings. The number of aromatic nitrogens is 2. The number of hydrogen-bond donors (Lipinski definition) is 1. The van der Waals surface area contributed by atoms with Gasteiger partial charge in [-0.3, -0.25) is 4.79 Å². The Balaban J connectivity index is 1.27. The molecule has 0 spiro atoms. The van der Waals surface area contributed by atoms with Crippen molar-refractivity contribution in [3.05, 3.63) is 35.9 Å². The second-order valence-electron chi connectivity index (χ2n) is 6.17. The molecule has 1 amide bonds. The highest BCUT2D eigenvalue weighted by molar-refractivity contribution is 8.00. The minimum atomic E-state index is 0.00543. The summed E-state index contributed by atoms with van der Waals surface area (Å²) in [7, 11) is 0. The second kappa shape index (κ2) is 7.39. The van der Waals surface area contributed by atoms with Crippen molar-refractivity contribution in [3.63, 3.8) is 0 Å². The Kier molecular flexibility index (Phi) is 4.83. The predicted molar refractivity (Wildman–Crippen MR) is 95.2 cm³/mol. The molecule has 3 heterocycles. The molecular weight excluding hydrogens is 338 g/mol. The second-order valence-corrected chi connectivity index (χ2v) is 7.22. The van der Waals surface area contributed by atoms with E-state index in [9.17, 15) is 4.79 Å². The quantitative estimate of drug-likeness (QED) is 0.831. The number of rotatable bonds is 5. The van der Waals surface area contributed by atoms with Crippen LogP contribution in [0.1, 0.15) is 24.4 Å². The third kappa shape index (κ3) is 3.92. The summed E-state index contributed by atoms with van der Waals surface area (Å²) in [6, 6.07) is 5.77. The fourth-order valence-electron chi connectivity index (χ4n) is 3.06. The summed E-state index contributed by atoms with van der Waals surface area (Å²) in [5.74, 6) is 3.03. The van der Waals surface area contributed by atoms with Crippen molar-refractivity contribution in [2.45, 2.75) is 37.2 Å². The van der Waals surface area contributed by atoms with Crippen molar-refractivity contribution < 1.29 is 14.3 Å². The first kappa shape index (κ1) is 16.3. The van der Waals surface area contributed by atoms with Crippen LogP contribution in [0.25, 0.3) is 0 Å². The van der Waals surface area contributed by atoms with Gasteiger partial charge in [0.2, 0.25) is 5.91 Å². The first-order chi connectivity index (χ1) is 12.3. The number of ether oxygens (including phenoxy) is 2. The van der Waals surface area contributed by atoms with Gasteiger partial charge in [-0.25, -0.2) is 4.98 Å². The fourth-order valence-corrected chi connectivity index (χ4v) is 3.81. The van der Waals surface area contributed by atoms with E-state index in [-0.39, 0.29) is 5.91 Å². The van der Waals surface area contributed by atoms with E-state index >= 15 is 0 Å². The van der Waals surface area contributed by atoms with Gasteiger partial charge in [0, 0.05) is 24.1 Å². The number of hydrogen-bond acceptors (Lipinski definition) is 5. The number of carbonyl (C=O) groups is 1. The number of amides is 1. The smallest absolute Gasteiger partial charge is 0.230 e. The highest BCUT2D eigenvalue weighted by Gasteiger charge is 2.14. The molecule has 0 saturated carbocycles. The van der Waals surface area contributed by atoms with Crippen LogP contribution < -0.4 is 14.8 Å². The van der Waals surface area contributed by atoms with Crippen molar-refractivity contribution in [3.8, 4) is 11.5 Å². The Morgan fingerprint density at radius 1 is 1.24 bits per heavy atom. The minimum Gasteiger partial charge on any atom is -0.486 e. The van der Waals surface area contributed by atoms with Gasteiger partial charge in [0.15, 0.2) is 11.5 Å². The molecule has 0 fully saturated rings. The maximum absolute atomic E-state index is 12.1. The summed E-state index contributed by atoms with van der Waals surface area (Å²) < 4.78 is 13.3. The van der Waals surface area contributed by atoms with Gasteiger partial charge in [-0.05, 0) is 31.0 Å². The van der Waals surface area contributed by atoms with E-state index in [4.69, 9.17) is 9.47 Å². The minimum absolute atomic E-state index is 0.00543. The molecule has 7 heteroatoms. The van der Waals surface area contributed by atoms with E-state index in [1.807, 2.05) is 18.2 Å². The zero-order chi connectivity index (χ0) is 17.1. The average molecular weight is 359 g/mol. The molecule has 1 aromatic carbocycles. The molecule has 1 N–H and O–H groups in total. The predicted octanol–water partition coefficient (Wildman–Crippen LogP) is 2.40. The standard InChI is InChI=1S/C18H21N3O3S/c22-18(19-10-13-11-21-6-2-1-3-17(21)20-13)12-25-14-4-5-15-16(9-14)24-8-7-23-15/h4-5,9,11H,1-3,6-8,10,12H2,(H,19,22). The molecule has 25 heavy (non-hydrogen) atoms. The molecule has 0 unspecified atom stereocenters. The summed E-state index contributed by atoms with van der Waals surface area (Å²) in [6.07, 6.45) is 5.51. The number of aryl methyl sites for hydroxylation is 2. The number of thioether (sulfide) groups is 1. The van der Waals surface area contributed by atoms with Gasteiger partial charge in [-0.1, -0.05) is 0 Å². The van der Waals surface area contributed by atoms with E-state index in [1.54, 1.807) is 0 Å². The van der Waals surface area contributed by atoms with Crippen molar-refractivity contribution >= 4 is 17.7 Å². The largest absolute Gasteiger partial charge is 0.486 e. The van der Waals surface area contributed by atoms with Crippen LogP contribution in [0, 0.1) is 0 Å². The van der Waals surface area contributed by atoms with Crippen LogP contribution in [0.15, 0.2) is 29.3 Å². The third-order valence-corrected chi connectivity index (χ3v) is 5.30. The number of nitrogens with zero attached hydrogens (tertiary/aromatic N) is 2. The van der Waals surface area contributed by atoms with Gasteiger partial charge < -0.3 is 19.4 Å². The van der Waals surface area contributed by atoms with E-state index < -0.39 is 0 Å². The highest BCUT2D eigenvalue weighted by atomic mass is 32.2. The summed E-state index contributed by atoms with van der Waals surface area (Å²) in [5, 5.41) is 2.95. The summed E-state index contributed by atoms with van der Waals surface area (Å²) >= 11 is 1.49. The van der Waals surface area contributed by atoms with Gasteiger partial charge in [0.1, 0.15) is 19.0 Å². The fraction of sp³-hybridized carbons (Fsp3) is 0.444. The molecule has 0 aliphatic carbocycles. The van der Waals surface area contributed by atoms with Gasteiger partial charge in [0.25, 0.3) is 0 Å². The van der Waals surface area contributed by atoms with E-state index in [2.05, 4.69) is 21.1 Å². The maximum Gasteiger partial charge on any atom is 0.230 e. The lowest BCUT2D eigenvalue weighted by molar-refractivity contribution is -0.118. The van der Waals surface area contributed by atoms with Gasteiger partial charge >= 0.3 is 0 Å². The van der Waals surface area contributed by atoms with Crippen LogP contribution in [0.2, 0.25) is 0 Å². The Hall–Kier alpha value is -2.15. The molecule has 132 valence electrons. The third-order valence-electron chi connectivity index (χ3n) is 4.31. The molecule has 4 rings (SSSR count). The molecule has 6 nitrogen and oxygen atoms in total. The van der Waals surface area contributed by atoms with E-state index in [0.29, 0.717) is 25.5 Å². The average Bonchev–Trinajstić information content (AvgIpc) is 3.07. The van der Waals surface area contributed by atoms with Crippen molar-refractivity contribution in [1.82, 2.24) is 14.9 Å². The lowest BCUT2D eigenvalue weighted by atomic mass is 10.2. The molecular formula is C18H21N3O3S. The summed E-state index contributed by atoms with van der Waals surface area (Å²) in [4.78, 5) is 17.7. The Morgan fingerprint density at radius 2 is 2.12 bits per heavy atom. The van der Waals surface area contributed by atoms with Crippen LogP contribution in [-0.2, 0) is 24.3 Å². The van der Waals surface area contributed by atoms with Crippen LogP contribution >= 0.6 is 11.8 Å². The number of carbonyl (C=O) groups excluding carboxylic acids is 1. The van der Waals surface area contributed by atoms with Crippen LogP contribution in [0.4, 0.5) is 0 Å². The molecule has 0 saturated heterocycles. The molecule has 2 aliphatic heterocycles. The Morgan fingerprint density at radius 3 is 3.00 bits per heavy atom. The first-order valence-corrected chi connectivity index (χ1v) is 9.60. The van der Waals surface area contributed by atoms with Gasteiger partial charge in [-0.2, -0.15) is 0 Å². The lowest BCUT2D eigenvalue weighted by Gasteiger charge is -2.18. The van der Waals surface area contributed by atoms with Crippen LogP contribution in [0.5, 0.6) is 11.5 Å². The zero-order valence-electron chi connectivity index (χ0n) is 14.0. The Labute approximate surface area is 150 Å². The van der Waals surface area contributed by atoms with Gasteiger partial charge in [0.05, 0.1) is 18.0 Å². The monoisotopic (exact) mass is 359 g/mol. The molecule has 2 aromatic rings. The number of benzene rings is 1. The first-order valence-electron chi connectivity index (χ1n) is 8.62. The molecule has 1 aromatic heterocycles. The van der Waals surface area contributed by atoms with Crippen molar-refractivity contribution in [2.24, 2.45) is 0 Å². The number of nitrogens with one attached hydrogen (secondary N) is 1. The lowest BCUT2D eigenvalue weighted by Crippen LogP contribution is -2.24. The normalized spacial score (nSPS) is 15.5. The number of fused-ring (bicyclic) bond motifs is 2. The zero-order valence-corrected chi connectivity index (χ0v) is 14.8. The molecule has 0 bridgehead atoms. The summed E-state index contributed by atoms with van der Waals surface area (Å²) in [6.45, 7) is 2.67. The SMILES string of the molecule is O=C(CSc1ccc2c(c1)OCCO2)NCc1cn2c(n1)CCCC2. The topological polar surface area (TPSA) is 65.4 Å². The molecule has 0 radical (unpaired) electrons. The van der Waals surface area contributed by atoms with Crippen molar-refractivity contribution in [2.75, 3.05) is 19.0 Å². The maximum atomic E-state index is 12.1. The van der Waals surface area contributed by atoms with Crippen LogP contribution in [0.3, 0.4) is 0 Å².